The Kier molecular flexibility index (Phi) is 3.34. The van der Waals surface area contributed by atoms with Crippen molar-refractivity contribution >= 4 is 21.6 Å². The monoisotopic (exact) mass is 239 g/mol. The fourth-order valence-electron chi connectivity index (χ4n) is 1.13. The summed E-state index contributed by atoms with van der Waals surface area (Å²) >= 11 is 3.38. The van der Waals surface area contributed by atoms with Gasteiger partial charge in [-0.15, -0.1) is 0 Å². The van der Waals surface area contributed by atoms with Gasteiger partial charge in [0.1, 0.15) is 0 Å². The first-order valence-electron chi connectivity index (χ1n) is 3.99. The van der Waals surface area contributed by atoms with Crippen molar-refractivity contribution in [1.82, 2.24) is 0 Å². The van der Waals surface area contributed by atoms with Crippen LogP contribution in [0.25, 0.3) is 10.4 Å². The topological polar surface area (TPSA) is 48.8 Å². The van der Waals surface area contributed by atoms with Gasteiger partial charge in [0.2, 0.25) is 0 Å². The summed E-state index contributed by atoms with van der Waals surface area (Å²) in [4.78, 5) is 2.79. The molecule has 0 atom stereocenters. The van der Waals surface area contributed by atoms with Crippen molar-refractivity contribution < 1.29 is 0 Å². The SMILES string of the molecule is CC(C)c1cc(Br)ccc1N=[N+]=[N-]. The smallest absolute Gasteiger partial charge is 0.0410 e. The predicted octanol–water partition coefficient (Wildman–Crippen LogP) is 4.51. The van der Waals surface area contributed by atoms with Crippen molar-refractivity contribution in [2.24, 2.45) is 5.11 Å². The van der Waals surface area contributed by atoms with E-state index < -0.39 is 0 Å². The molecular formula is C9H10BrN3. The van der Waals surface area contributed by atoms with Crippen LogP contribution in [0, 0.1) is 0 Å². The maximum Gasteiger partial charge on any atom is 0.0410 e. The van der Waals surface area contributed by atoms with E-state index >= 15 is 0 Å². The molecule has 0 radical (unpaired) electrons. The van der Waals surface area contributed by atoms with Gasteiger partial charge in [0.25, 0.3) is 0 Å². The average molecular weight is 240 g/mol. The lowest BCUT2D eigenvalue weighted by atomic mass is 10.0. The van der Waals surface area contributed by atoms with Crippen molar-refractivity contribution in [2.75, 3.05) is 0 Å². The van der Waals surface area contributed by atoms with Gasteiger partial charge in [-0.1, -0.05) is 41.0 Å². The zero-order valence-corrected chi connectivity index (χ0v) is 9.12. The molecule has 1 aromatic rings. The van der Waals surface area contributed by atoms with Crippen LogP contribution in [0.5, 0.6) is 0 Å². The van der Waals surface area contributed by atoms with Crippen LogP contribution in [0.3, 0.4) is 0 Å². The highest BCUT2D eigenvalue weighted by Crippen LogP contribution is 2.29. The van der Waals surface area contributed by atoms with Gasteiger partial charge in [0.15, 0.2) is 0 Å². The molecule has 0 heterocycles. The quantitative estimate of drug-likeness (QED) is 0.414. The molecule has 0 bridgehead atoms. The van der Waals surface area contributed by atoms with E-state index in [4.69, 9.17) is 5.53 Å². The molecule has 0 saturated carbocycles. The molecule has 0 saturated heterocycles. The third kappa shape index (κ3) is 2.47. The van der Waals surface area contributed by atoms with E-state index in [1.807, 2.05) is 18.2 Å². The molecule has 4 heteroatoms. The van der Waals surface area contributed by atoms with Crippen molar-refractivity contribution in [3.05, 3.63) is 38.7 Å². The van der Waals surface area contributed by atoms with Crippen LogP contribution in [-0.4, -0.2) is 0 Å². The highest BCUT2D eigenvalue weighted by Gasteiger charge is 2.05. The number of nitrogens with zero attached hydrogens (tertiary/aromatic N) is 3. The first-order valence-corrected chi connectivity index (χ1v) is 4.79. The summed E-state index contributed by atoms with van der Waals surface area (Å²) in [6, 6.07) is 5.67. The molecule has 1 rings (SSSR count). The predicted molar refractivity (Wildman–Crippen MR) is 57.0 cm³/mol. The Morgan fingerprint density at radius 2 is 2.15 bits per heavy atom. The van der Waals surface area contributed by atoms with Gasteiger partial charge >= 0.3 is 0 Å². The summed E-state index contributed by atoms with van der Waals surface area (Å²) in [5.41, 5.74) is 10.1. The number of benzene rings is 1. The van der Waals surface area contributed by atoms with Gasteiger partial charge in [0, 0.05) is 15.1 Å². The Balaban J connectivity index is 3.26. The molecule has 0 aliphatic carbocycles. The summed E-state index contributed by atoms with van der Waals surface area (Å²) < 4.78 is 1.01. The van der Waals surface area contributed by atoms with E-state index in [1.54, 1.807) is 0 Å². The summed E-state index contributed by atoms with van der Waals surface area (Å²) in [6.45, 7) is 4.14. The van der Waals surface area contributed by atoms with Crippen molar-refractivity contribution in [3.63, 3.8) is 0 Å². The van der Waals surface area contributed by atoms with Gasteiger partial charge in [-0.2, -0.15) is 0 Å². The number of azide groups is 1. The number of hydrogen-bond donors (Lipinski definition) is 0. The third-order valence-electron chi connectivity index (χ3n) is 1.76. The largest absolute Gasteiger partial charge is 0.0605 e. The average Bonchev–Trinajstić information content (AvgIpc) is 2.08. The zero-order valence-electron chi connectivity index (χ0n) is 7.53. The minimum absolute atomic E-state index is 0.359. The zero-order chi connectivity index (χ0) is 9.84. The van der Waals surface area contributed by atoms with Crippen molar-refractivity contribution in [3.8, 4) is 0 Å². The van der Waals surface area contributed by atoms with Crippen LogP contribution in [-0.2, 0) is 0 Å². The van der Waals surface area contributed by atoms with Crippen LogP contribution in [0.1, 0.15) is 25.3 Å². The molecule has 0 fully saturated rings. The molecule has 13 heavy (non-hydrogen) atoms. The fraction of sp³-hybridized carbons (Fsp3) is 0.333. The van der Waals surface area contributed by atoms with Crippen LogP contribution >= 0.6 is 15.9 Å². The highest BCUT2D eigenvalue weighted by molar-refractivity contribution is 9.10. The molecule has 3 nitrogen and oxygen atoms in total. The molecule has 0 amide bonds. The van der Waals surface area contributed by atoms with Gasteiger partial charge in [-0.05, 0) is 29.1 Å². The van der Waals surface area contributed by atoms with E-state index in [2.05, 4.69) is 39.8 Å². The van der Waals surface area contributed by atoms with E-state index in [0.29, 0.717) is 11.6 Å². The molecule has 0 unspecified atom stereocenters. The van der Waals surface area contributed by atoms with E-state index in [9.17, 15) is 0 Å². The Labute approximate surface area is 85.5 Å². The molecule has 1 aromatic carbocycles. The minimum atomic E-state index is 0.359. The van der Waals surface area contributed by atoms with Gasteiger partial charge in [-0.25, -0.2) is 0 Å². The van der Waals surface area contributed by atoms with Crippen LogP contribution in [0.15, 0.2) is 27.8 Å². The number of halogens is 1. The molecule has 0 aromatic heterocycles. The second kappa shape index (κ2) is 4.30. The lowest BCUT2D eigenvalue weighted by Gasteiger charge is -2.08. The summed E-state index contributed by atoms with van der Waals surface area (Å²) in [7, 11) is 0. The molecular weight excluding hydrogens is 230 g/mol. The van der Waals surface area contributed by atoms with E-state index in [-0.39, 0.29) is 0 Å². The summed E-state index contributed by atoms with van der Waals surface area (Å²) in [6.07, 6.45) is 0. The molecule has 0 aliphatic heterocycles. The number of rotatable bonds is 2. The third-order valence-corrected chi connectivity index (χ3v) is 2.26. The Morgan fingerprint density at radius 3 is 2.69 bits per heavy atom. The van der Waals surface area contributed by atoms with E-state index in [0.717, 1.165) is 10.0 Å². The van der Waals surface area contributed by atoms with Gasteiger partial charge in [0.05, 0.1) is 0 Å². The van der Waals surface area contributed by atoms with Crippen molar-refractivity contribution in [2.45, 2.75) is 19.8 Å². The molecule has 0 aliphatic rings. The van der Waals surface area contributed by atoms with Crippen molar-refractivity contribution in [1.29, 1.82) is 0 Å². The fourth-order valence-corrected chi connectivity index (χ4v) is 1.51. The molecule has 68 valence electrons. The van der Waals surface area contributed by atoms with Crippen LogP contribution in [0.2, 0.25) is 0 Å². The Morgan fingerprint density at radius 1 is 1.46 bits per heavy atom. The lowest BCUT2D eigenvalue weighted by Crippen LogP contribution is -1.87. The minimum Gasteiger partial charge on any atom is -0.0605 e. The summed E-state index contributed by atoms with van der Waals surface area (Å²) in [5.74, 6) is 0.359. The van der Waals surface area contributed by atoms with Gasteiger partial charge < -0.3 is 0 Å². The second-order valence-corrected chi connectivity index (χ2v) is 3.96. The highest BCUT2D eigenvalue weighted by atomic mass is 79.9. The van der Waals surface area contributed by atoms with Gasteiger partial charge in [-0.3, -0.25) is 0 Å². The maximum absolute atomic E-state index is 8.34. The lowest BCUT2D eigenvalue weighted by molar-refractivity contribution is 0.865. The first-order chi connectivity index (χ1) is 6.15. The number of hydrogen-bond acceptors (Lipinski definition) is 1. The Bertz CT molecular complexity index is 354. The molecule has 0 N–H and O–H groups in total. The Hall–Kier alpha value is -0.990. The second-order valence-electron chi connectivity index (χ2n) is 3.05. The maximum atomic E-state index is 8.34. The normalized spacial score (nSPS) is 9.85. The molecule has 0 spiro atoms. The van der Waals surface area contributed by atoms with Crippen LogP contribution in [0.4, 0.5) is 5.69 Å². The van der Waals surface area contributed by atoms with E-state index in [1.165, 1.54) is 0 Å². The standard InChI is InChI=1S/C9H10BrN3/c1-6(2)8-5-7(10)3-4-9(8)12-13-11/h3-6H,1-2H3. The first kappa shape index (κ1) is 10.1. The van der Waals surface area contributed by atoms with Crippen LogP contribution < -0.4 is 0 Å². The summed E-state index contributed by atoms with van der Waals surface area (Å²) in [5, 5.41) is 3.63.